The standard InChI is InChI=1S/C13H14N2S/c1-13(2,3)10-7-11-9(4-5-15-11)6-12(10)16-8-14/h4-7,15H,1-3H3. The van der Waals surface area contributed by atoms with Crippen LogP contribution >= 0.6 is 11.8 Å². The number of hydrogen-bond donors (Lipinski definition) is 1. The van der Waals surface area contributed by atoms with E-state index in [0.29, 0.717) is 0 Å². The molecule has 0 unspecified atom stereocenters. The van der Waals surface area contributed by atoms with Gasteiger partial charge in [-0.3, -0.25) is 0 Å². The Kier molecular flexibility index (Phi) is 2.69. The highest BCUT2D eigenvalue weighted by atomic mass is 32.2. The summed E-state index contributed by atoms with van der Waals surface area (Å²) in [6.07, 6.45) is 1.93. The average Bonchev–Trinajstić information content (AvgIpc) is 2.62. The summed E-state index contributed by atoms with van der Waals surface area (Å²) >= 11 is 1.24. The molecule has 0 bridgehead atoms. The van der Waals surface area contributed by atoms with Crippen LogP contribution in [0.2, 0.25) is 0 Å². The Labute approximate surface area is 99.7 Å². The molecule has 0 spiro atoms. The molecule has 1 heterocycles. The van der Waals surface area contributed by atoms with Gasteiger partial charge in [-0.1, -0.05) is 20.8 Å². The summed E-state index contributed by atoms with van der Waals surface area (Å²) in [6, 6.07) is 6.26. The molecule has 0 radical (unpaired) electrons. The van der Waals surface area contributed by atoms with Crippen LogP contribution < -0.4 is 0 Å². The van der Waals surface area contributed by atoms with E-state index in [0.717, 1.165) is 15.8 Å². The van der Waals surface area contributed by atoms with Gasteiger partial charge < -0.3 is 4.98 Å². The lowest BCUT2D eigenvalue weighted by atomic mass is 9.86. The Morgan fingerprint density at radius 3 is 2.69 bits per heavy atom. The Balaban J connectivity index is 2.68. The molecule has 0 amide bonds. The lowest BCUT2D eigenvalue weighted by Crippen LogP contribution is -2.12. The van der Waals surface area contributed by atoms with Gasteiger partial charge >= 0.3 is 0 Å². The first kappa shape index (κ1) is 11.1. The molecule has 2 rings (SSSR count). The maximum absolute atomic E-state index is 8.84. The van der Waals surface area contributed by atoms with Gasteiger partial charge in [0.1, 0.15) is 5.40 Å². The summed E-state index contributed by atoms with van der Waals surface area (Å²) in [5.74, 6) is 0. The number of nitrogens with one attached hydrogen (secondary N) is 1. The van der Waals surface area contributed by atoms with E-state index in [1.807, 2.05) is 12.3 Å². The van der Waals surface area contributed by atoms with Gasteiger partial charge in [0.25, 0.3) is 0 Å². The van der Waals surface area contributed by atoms with Gasteiger partial charge in [0.05, 0.1) is 0 Å². The van der Waals surface area contributed by atoms with Gasteiger partial charge in [0.2, 0.25) is 0 Å². The summed E-state index contributed by atoms with van der Waals surface area (Å²) in [7, 11) is 0. The second kappa shape index (κ2) is 3.88. The van der Waals surface area contributed by atoms with Gasteiger partial charge in [-0.05, 0) is 40.9 Å². The third kappa shape index (κ3) is 1.94. The molecule has 0 saturated carbocycles. The van der Waals surface area contributed by atoms with Gasteiger partial charge in [-0.15, -0.1) is 0 Å². The zero-order valence-corrected chi connectivity index (χ0v) is 10.5. The molecule has 2 nitrogen and oxygen atoms in total. The highest BCUT2D eigenvalue weighted by Crippen LogP contribution is 2.34. The number of aromatic nitrogens is 1. The molecule has 1 N–H and O–H groups in total. The summed E-state index contributed by atoms with van der Waals surface area (Å²) in [6.45, 7) is 6.50. The third-order valence-electron chi connectivity index (χ3n) is 2.62. The SMILES string of the molecule is CC(C)(C)c1cc2[nH]ccc2cc1SC#N. The van der Waals surface area contributed by atoms with E-state index in [-0.39, 0.29) is 5.41 Å². The fourth-order valence-electron chi connectivity index (χ4n) is 1.80. The lowest BCUT2D eigenvalue weighted by molar-refractivity contribution is 0.579. The molecule has 0 saturated heterocycles. The first-order valence-corrected chi connectivity index (χ1v) is 6.01. The highest BCUT2D eigenvalue weighted by Gasteiger charge is 2.19. The van der Waals surface area contributed by atoms with Crippen molar-refractivity contribution in [3.8, 4) is 5.40 Å². The Morgan fingerprint density at radius 2 is 2.06 bits per heavy atom. The molecule has 3 heteroatoms. The monoisotopic (exact) mass is 230 g/mol. The van der Waals surface area contributed by atoms with Crippen LogP contribution in [0.25, 0.3) is 10.9 Å². The van der Waals surface area contributed by atoms with E-state index in [1.54, 1.807) is 0 Å². The Morgan fingerprint density at radius 1 is 1.31 bits per heavy atom. The first-order valence-electron chi connectivity index (χ1n) is 5.20. The van der Waals surface area contributed by atoms with Crippen molar-refractivity contribution in [2.75, 3.05) is 0 Å². The number of rotatable bonds is 1. The molecule has 16 heavy (non-hydrogen) atoms. The predicted molar refractivity (Wildman–Crippen MR) is 68.5 cm³/mol. The fraction of sp³-hybridized carbons (Fsp3) is 0.308. The molecule has 2 aromatic rings. The van der Waals surface area contributed by atoms with E-state index in [2.05, 4.69) is 43.3 Å². The molecule has 82 valence electrons. The number of thiocyanates is 1. The van der Waals surface area contributed by atoms with Crippen molar-refractivity contribution in [3.63, 3.8) is 0 Å². The van der Waals surface area contributed by atoms with Crippen LogP contribution in [0.4, 0.5) is 0 Å². The Bertz CT molecular complexity index is 555. The van der Waals surface area contributed by atoms with Gasteiger partial charge in [-0.25, -0.2) is 0 Å². The van der Waals surface area contributed by atoms with Crippen LogP contribution in [0.3, 0.4) is 0 Å². The molecule has 0 fully saturated rings. The second-order valence-electron chi connectivity index (χ2n) is 4.86. The first-order chi connectivity index (χ1) is 7.52. The minimum Gasteiger partial charge on any atom is -0.361 e. The smallest absolute Gasteiger partial charge is 0.138 e. The van der Waals surface area contributed by atoms with Crippen LogP contribution in [0, 0.1) is 10.7 Å². The van der Waals surface area contributed by atoms with Crippen molar-refractivity contribution in [1.82, 2.24) is 4.98 Å². The van der Waals surface area contributed by atoms with E-state index in [9.17, 15) is 0 Å². The highest BCUT2D eigenvalue weighted by molar-refractivity contribution is 8.03. The predicted octanol–water partition coefficient (Wildman–Crippen LogP) is 4.04. The van der Waals surface area contributed by atoms with Crippen LogP contribution in [-0.2, 0) is 5.41 Å². The lowest BCUT2D eigenvalue weighted by Gasteiger charge is -2.21. The minimum atomic E-state index is 0.0541. The minimum absolute atomic E-state index is 0.0541. The van der Waals surface area contributed by atoms with Gasteiger partial charge in [0.15, 0.2) is 0 Å². The molecule has 0 aliphatic carbocycles. The molecule has 1 aromatic carbocycles. The van der Waals surface area contributed by atoms with Crippen molar-refractivity contribution >= 4 is 22.7 Å². The van der Waals surface area contributed by atoms with E-state index < -0.39 is 0 Å². The number of nitrogens with zero attached hydrogens (tertiary/aromatic N) is 1. The Hall–Kier alpha value is -1.40. The summed E-state index contributed by atoms with van der Waals surface area (Å²) in [5.41, 5.74) is 2.40. The summed E-state index contributed by atoms with van der Waals surface area (Å²) < 4.78 is 0. The largest absolute Gasteiger partial charge is 0.361 e. The van der Waals surface area contributed by atoms with Crippen LogP contribution in [-0.4, -0.2) is 4.98 Å². The van der Waals surface area contributed by atoms with Crippen molar-refractivity contribution in [2.24, 2.45) is 0 Å². The molecule has 0 atom stereocenters. The van der Waals surface area contributed by atoms with Crippen molar-refractivity contribution in [2.45, 2.75) is 31.1 Å². The zero-order chi connectivity index (χ0) is 11.8. The van der Waals surface area contributed by atoms with Crippen molar-refractivity contribution in [3.05, 3.63) is 30.0 Å². The normalized spacial score (nSPS) is 11.6. The summed E-state index contributed by atoms with van der Waals surface area (Å²) in [4.78, 5) is 4.27. The van der Waals surface area contributed by atoms with E-state index in [1.165, 1.54) is 17.3 Å². The number of H-pyrrole nitrogens is 1. The fourth-order valence-corrected chi connectivity index (χ4v) is 2.56. The molecule has 0 aliphatic heterocycles. The third-order valence-corrected chi connectivity index (χ3v) is 3.27. The van der Waals surface area contributed by atoms with Gasteiger partial charge in [0, 0.05) is 22.0 Å². The van der Waals surface area contributed by atoms with E-state index >= 15 is 0 Å². The maximum Gasteiger partial charge on any atom is 0.138 e. The topological polar surface area (TPSA) is 39.6 Å². The summed E-state index contributed by atoms with van der Waals surface area (Å²) in [5, 5.41) is 12.2. The second-order valence-corrected chi connectivity index (χ2v) is 5.68. The van der Waals surface area contributed by atoms with Crippen molar-refractivity contribution in [1.29, 1.82) is 5.26 Å². The van der Waals surface area contributed by atoms with Crippen LogP contribution in [0.15, 0.2) is 29.3 Å². The van der Waals surface area contributed by atoms with Crippen LogP contribution in [0.1, 0.15) is 26.3 Å². The molecule has 1 aromatic heterocycles. The number of aromatic amines is 1. The molecule has 0 aliphatic rings. The van der Waals surface area contributed by atoms with Gasteiger partial charge in [-0.2, -0.15) is 5.26 Å². The number of fused-ring (bicyclic) bond motifs is 1. The maximum atomic E-state index is 8.84. The average molecular weight is 230 g/mol. The van der Waals surface area contributed by atoms with Crippen molar-refractivity contribution < 1.29 is 0 Å². The number of nitriles is 1. The zero-order valence-electron chi connectivity index (χ0n) is 9.66. The number of thioether (sulfide) groups is 1. The van der Waals surface area contributed by atoms with E-state index in [4.69, 9.17) is 5.26 Å². The molecular formula is C13H14N2S. The number of hydrogen-bond acceptors (Lipinski definition) is 2. The quantitative estimate of drug-likeness (QED) is 0.593. The molecular weight excluding hydrogens is 216 g/mol. The van der Waals surface area contributed by atoms with Crippen LogP contribution in [0.5, 0.6) is 0 Å². The number of benzene rings is 1.